The van der Waals surface area contributed by atoms with Gasteiger partial charge >= 0.3 is 0 Å². The number of nitrogens with zero attached hydrogens (tertiary/aromatic N) is 2. The number of carbonyl (C=O) groups is 1. The maximum absolute atomic E-state index is 12.2. The van der Waals surface area contributed by atoms with Gasteiger partial charge in [-0.1, -0.05) is 5.16 Å². The molecule has 0 saturated heterocycles. The van der Waals surface area contributed by atoms with Gasteiger partial charge in [0.05, 0.1) is 27.9 Å². The average Bonchev–Trinajstić information content (AvgIpc) is 2.96. The molecule has 8 heteroatoms. The van der Waals surface area contributed by atoms with Crippen molar-refractivity contribution in [3.63, 3.8) is 0 Å². The number of methoxy groups -OCH3 is 3. The lowest BCUT2D eigenvalue weighted by molar-refractivity contribution is 0.0945. The van der Waals surface area contributed by atoms with Crippen molar-refractivity contribution in [1.29, 1.82) is 0 Å². The van der Waals surface area contributed by atoms with E-state index in [1.807, 2.05) is 0 Å². The van der Waals surface area contributed by atoms with Crippen molar-refractivity contribution in [3.05, 3.63) is 29.4 Å². The highest BCUT2D eigenvalue weighted by atomic mass is 16.5. The van der Waals surface area contributed by atoms with E-state index in [9.17, 15) is 4.79 Å². The SMILES string of the molecule is COc1cc(C(=O)NCc2nc(C)no2)cc(OC)c1OC. The second-order valence-corrected chi connectivity index (χ2v) is 4.33. The van der Waals surface area contributed by atoms with Crippen molar-refractivity contribution < 1.29 is 23.5 Å². The largest absolute Gasteiger partial charge is 0.493 e. The van der Waals surface area contributed by atoms with Crippen LogP contribution < -0.4 is 19.5 Å². The van der Waals surface area contributed by atoms with Gasteiger partial charge in [-0.15, -0.1) is 0 Å². The van der Waals surface area contributed by atoms with E-state index in [0.29, 0.717) is 34.5 Å². The molecular weight excluding hydrogens is 290 g/mol. The summed E-state index contributed by atoms with van der Waals surface area (Å²) in [5.41, 5.74) is 0.366. The molecule has 1 heterocycles. The van der Waals surface area contributed by atoms with Crippen LogP contribution in [0.15, 0.2) is 16.7 Å². The highest BCUT2D eigenvalue weighted by Crippen LogP contribution is 2.38. The summed E-state index contributed by atoms with van der Waals surface area (Å²) >= 11 is 0. The van der Waals surface area contributed by atoms with Crippen LogP contribution in [0.25, 0.3) is 0 Å². The van der Waals surface area contributed by atoms with Crippen LogP contribution in [0.5, 0.6) is 17.2 Å². The summed E-state index contributed by atoms with van der Waals surface area (Å²) in [6.07, 6.45) is 0. The maximum atomic E-state index is 12.2. The van der Waals surface area contributed by atoms with Gasteiger partial charge in [-0.25, -0.2) is 0 Å². The molecule has 0 radical (unpaired) electrons. The highest BCUT2D eigenvalue weighted by Gasteiger charge is 2.17. The van der Waals surface area contributed by atoms with Gasteiger partial charge in [-0.2, -0.15) is 4.98 Å². The first kappa shape index (κ1) is 15.6. The molecule has 2 rings (SSSR count). The van der Waals surface area contributed by atoms with E-state index >= 15 is 0 Å². The Morgan fingerprint density at radius 3 is 2.27 bits per heavy atom. The summed E-state index contributed by atoms with van der Waals surface area (Å²) in [7, 11) is 4.47. The molecule has 1 N–H and O–H groups in total. The standard InChI is InChI=1S/C14H17N3O5/c1-8-16-12(22-17-8)7-15-14(18)9-5-10(19-2)13(21-4)11(6-9)20-3/h5-6H,7H2,1-4H3,(H,15,18). The predicted octanol–water partition coefficient (Wildman–Crippen LogP) is 1.33. The molecule has 1 amide bonds. The molecule has 8 nitrogen and oxygen atoms in total. The molecule has 0 aliphatic rings. The van der Waals surface area contributed by atoms with E-state index in [4.69, 9.17) is 18.7 Å². The Kier molecular flexibility index (Phi) is 4.82. The van der Waals surface area contributed by atoms with E-state index in [2.05, 4.69) is 15.5 Å². The highest BCUT2D eigenvalue weighted by molar-refractivity contribution is 5.95. The smallest absolute Gasteiger partial charge is 0.251 e. The molecule has 0 fully saturated rings. The van der Waals surface area contributed by atoms with E-state index in [1.165, 1.54) is 21.3 Å². The zero-order chi connectivity index (χ0) is 16.1. The summed E-state index contributed by atoms with van der Waals surface area (Å²) in [5.74, 6) is 1.75. The first-order valence-corrected chi connectivity index (χ1v) is 6.46. The Bertz CT molecular complexity index is 643. The molecule has 0 spiro atoms. The molecule has 0 aliphatic heterocycles. The zero-order valence-electron chi connectivity index (χ0n) is 12.8. The van der Waals surface area contributed by atoms with Crippen molar-refractivity contribution in [2.75, 3.05) is 21.3 Å². The number of nitrogens with one attached hydrogen (secondary N) is 1. The van der Waals surface area contributed by atoms with E-state index in [1.54, 1.807) is 19.1 Å². The first-order valence-electron chi connectivity index (χ1n) is 6.46. The molecule has 0 bridgehead atoms. The lowest BCUT2D eigenvalue weighted by Crippen LogP contribution is -2.23. The van der Waals surface area contributed by atoms with Gasteiger partial charge in [0.2, 0.25) is 11.6 Å². The van der Waals surface area contributed by atoms with E-state index in [0.717, 1.165) is 0 Å². The number of hydrogen-bond acceptors (Lipinski definition) is 7. The lowest BCUT2D eigenvalue weighted by atomic mass is 10.1. The molecule has 0 unspecified atom stereocenters. The second-order valence-electron chi connectivity index (χ2n) is 4.33. The quantitative estimate of drug-likeness (QED) is 0.860. The molecule has 118 valence electrons. The predicted molar refractivity (Wildman–Crippen MR) is 76.3 cm³/mol. The molecule has 0 saturated carbocycles. The maximum Gasteiger partial charge on any atom is 0.251 e. The summed E-state index contributed by atoms with van der Waals surface area (Å²) in [6, 6.07) is 3.13. The molecule has 1 aromatic heterocycles. The number of ether oxygens (including phenoxy) is 3. The Hall–Kier alpha value is -2.77. The van der Waals surface area contributed by atoms with E-state index < -0.39 is 0 Å². The number of carbonyl (C=O) groups excluding carboxylic acids is 1. The van der Waals surface area contributed by atoms with Gasteiger partial charge in [-0.3, -0.25) is 4.79 Å². The average molecular weight is 307 g/mol. The topological polar surface area (TPSA) is 95.7 Å². The van der Waals surface area contributed by atoms with Crippen LogP contribution in [-0.2, 0) is 6.54 Å². The third-order valence-electron chi connectivity index (χ3n) is 2.90. The summed E-state index contributed by atoms with van der Waals surface area (Å²) in [5, 5.41) is 6.33. The summed E-state index contributed by atoms with van der Waals surface area (Å²) < 4.78 is 20.6. The minimum atomic E-state index is -0.324. The van der Waals surface area contributed by atoms with Gasteiger partial charge in [-0.05, 0) is 19.1 Å². The lowest BCUT2D eigenvalue weighted by Gasteiger charge is -2.13. The summed E-state index contributed by atoms with van der Waals surface area (Å²) in [4.78, 5) is 16.2. The van der Waals surface area contributed by atoms with Gasteiger partial charge < -0.3 is 24.1 Å². The Morgan fingerprint density at radius 2 is 1.82 bits per heavy atom. The Morgan fingerprint density at radius 1 is 1.18 bits per heavy atom. The molecular formula is C14H17N3O5. The van der Waals surface area contributed by atoms with Gasteiger partial charge in [0.1, 0.15) is 0 Å². The Balaban J connectivity index is 2.18. The molecule has 22 heavy (non-hydrogen) atoms. The Labute approximate surface area is 127 Å². The number of benzene rings is 1. The van der Waals surface area contributed by atoms with Crippen molar-refractivity contribution in [3.8, 4) is 17.2 Å². The van der Waals surface area contributed by atoms with Crippen molar-refractivity contribution in [2.45, 2.75) is 13.5 Å². The number of aryl methyl sites for hydroxylation is 1. The van der Waals surface area contributed by atoms with Crippen LogP contribution in [0.3, 0.4) is 0 Å². The van der Waals surface area contributed by atoms with Crippen molar-refractivity contribution >= 4 is 5.91 Å². The van der Waals surface area contributed by atoms with Gasteiger partial charge in [0, 0.05) is 5.56 Å². The monoisotopic (exact) mass is 307 g/mol. The van der Waals surface area contributed by atoms with Crippen molar-refractivity contribution in [1.82, 2.24) is 15.5 Å². The van der Waals surface area contributed by atoms with Crippen LogP contribution in [-0.4, -0.2) is 37.4 Å². The number of amides is 1. The zero-order valence-corrected chi connectivity index (χ0v) is 12.8. The second kappa shape index (κ2) is 6.79. The molecule has 1 aromatic carbocycles. The minimum absolute atomic E-state index is 0.135. The van der Waals surface area contributed by atoms with Gasteiger partial charge in [0.25, 0.3) is 5.91 Å². The van der Waals surface area contributed by atoms with Crippen LogP contribution >= 0.6 is 0 Å². The fourth-order valence-corrected chi connectivity index (χ4v) is 1.88. The van der Waals surface area contributed by atoms with Crippen LogP contribution in [0.4, 0.5) is 0 Å². The number of aromatic nitrogens is 2. The fraction of sp³-hybridized carbons (Fsp3) is 0.357. The molecule has 2 aromatic rings. The minimum Gasteiger partial charge on any atom is -0.493 e. The van der Waals surface area contributed by atoms with Crippen LogP contribution in [0, 0.1) is 6.92 Å². The summed E-state index contributed by atoms with van der Waals surface area (Å²) in [6.45, 7) is 1.84. The van der Waals surface area contributed by atoms with Gasteiger partial charge in [0.15, 0.2) is 17.3 Å². The van der Waals surface area contributed by atoms with Crippen molar-refractivity contribution in [2.24, 2.45) is 0 Å². The van der Waals surface area contributed by atoms with Crippen LogP contribution in [0.1, 0.15) is 22.1 Å². The molecule has 0 atom stereocenters. The number of rotatable bonds is 6. The third-order valence-corrected chi connectivity index (χ3v) is 2.90. The van der Waals surface area contributed by atoms with Crippen LogP contribution in [0.2, 0.25) is 0 Å². The first-order chi connectivity index (χ1) is 10.6. The third kappa shape index (κ3) is 3.27. The van der Waals surface area contributed by atoms with E-state index in [-0.39, 0.29) is 12.5 Å². The fourth-order valence-electron chi connectivity index (χ4n) is 1.88. The number of hydrogen-bond donors (Lipinski definition) is 1. The molecule has 0 aliphatic carbocycles. The normalized spacial score (nSPS) is 10.2.